The number of carbonyl (C=O) groups excluding carboxylic acids is 1. The summed E-state index contributed by atoms with van der Waals surface area (Å²) in [6.07, 6.45) is 0. The minimum Gasteiger partial charge on any atom is -0.492 e. The van der Waals surface area contributed by atoms with Crippen molar-refractivity contribution in [1.82, 2.24) is 0 Å². The van der Waals surface area contributed by atoms with Crippen molar-refractivity contribution in [2.75, 3.05) is 11.9 Å². The van der Waals surface area contributed by atoms with Crippen molar-refractivity contribution >= 4 is 27.5 Å². The van der Waals surface area contributed by atoms with Crippen LogP contribution in [-0.2, 0) is 0 Å². The maximum absolute atomic E-state index is 12.5. The fraction of sp³-hybridized carbons (Fsp3) is 0.222. The number of amides is 1. The van der Waals surface area contributed by atoms with Crippen LogP contribution in [0.2, 0.25) is 0 Å². The molecule has 0 aromatic heterocycles. The van der Waals surface area contributed by atoms with E-state index in [9.17, 15) is 4.79 Å². The number of nitriles is 1. The number of nitrogens with zero attached hydrogens (tertiary/aromatic N) is 1. The van der Waals surface area contributed by atoms with Crippen molar-refractivity contribution in [3.05, 3.63) is 58.1 Å². The van der Waals surface area contributed by atoms with Crippen LogP contribution in [0.1, 0.15) is 29.8 Å². The average molecular weight is 373 g/mol. The Bertz CT molecular complexity index is 751. The second-order valence-electron chi connectivity index (χ2n) is 5.49. The largest absolute Gasteiger partial charge is 0.492 e. The van der Waals surface area contributed by atoms with E-state index in [-0.39, 0.29) is 5.91 Å². The van der Waals surface area contributed by atoms with Crippen molar-refractivity contribution in [1.29, 1.82) is 5.26 Å². The van der Waals surface area contributed by atoms with Crippen molar-refractivity contribution in [3.63, 3.8) is 0 Å². The topological polar surface area (TPSA) is 62.1 Å². The molecule has 0 aliphatic carbocycles. The summed E-state index contributed by atoms with van der Waals surface area (Å²) in [4.78, 5) is 12.5. The van der Waals surface area contributed by atoms with Gasteiger partial charge in [-0.3, -0.25) is 4.79 Å². The van der Waals surface area contributed by atoms with Crippen LogP contribution in [0.15, 0.2) is 46.9 Å². The fourth-order valence-corrected chi connectivity index (χ4v) is 2.29. The van der Waals surface area contributed by atoms with E-state index in [4.69, 9.17) is 10.00 Å². The van der Waals surface area contributed by atoms with Gasteiger partial charge in [-0.05, 0) is 42.3 Å². The first kappa shape index (κ1) is 17.0. The molecule has 0 saturated heterocycles. The predicted molar refractivity (Wildman–Crippen MR) is 93.6 cm³/mol. The lowest BCUT2D eigenvalue weighted by Gasteiger charge is -2.14. The van der Waals surface area contributed by atoms with E-state index < -0.39 is 0 Å². The highest BCUT2D eigenvalue weighted by Crippen LogP contribution is 2.25. The molecule has 0 saturated carbocycles. The molecule has 0 aliphatic rings. The molecule has 1 amide bonds. The first-order valence-electron chi connectivity index (χ1n) is 7.23. The van der Waals surface area contributed by atoms with Gasteiger partial charge in [0.05, 0.1) is 23.8 Å². The fourth-order valence-electron chi connectivity index (χ4n) is 1.93. The summed E-state index contributed by atoms with van der Waals surface area (Å²) in [5, 5.41) is 11.7. The zero-order chi connectivity index (χ0) is 16.8. The van der Waals surface area contributed by atoms with E-state index in [2.05, 4.69) is 27.3 Å². The summed E-state index contributed by atoms with van der Waals surface area (Å²) in [6, 6.07) is 14.2. The van der Waals surface area contributed by atoms with Crippen LogP contribution in [0.4, 0.5) is 5.69 Å². The monoisotopic (exact) mass is 372 g/mol. The lowest BCUT2D eigenvalue weighted by molar-refractivity contribution is 0.102. The molecular weight excluding hydrogens is 356 g/mol. The highest BCUT2D eigenvalue weighted by Gasteiger charge is 2.14. The number of anilines is 1. The summed E-state index contributed by atoms with van der Waals surface area (Å²) < 4.78 is 6.52. The van der Waals surface area contributed by atoms with Crippen LogP contribution in [0.5, 0.6) is 5.75 Å². The Hall–Kier alpha value is -2.32. The zero-order valence-electron chi connectivity index (χ0n) is 13.0. The third-order valence-electron chi connectivity index (χ3n) is 3.01. The molecule has 1 N–H and O–H groups in total. The van der Waals surface area contributed by atoms with E-state index in [0.29, 0.717) is 35.1 Å². The average Bonchev–Trinajstić information content (AvgIpc) is 2.53. The highest BCUT2D eigenvalue weighted by atomic mass is 79.9. The Balaban J connectivity index is 2.23. The molecule has 2 aromatic rings. The Morgan fingerprint density at radius 1 is 1.30 bits per heavy atom. The van der Waals surface area contributed by atoms with Crippen LogP contribution >= 0.6 is 15.9 Å². The standard InChI is InChI=1S/C18H17BrN2O2/c1-12(2)11-23-17-7-6-14(19)9-16(17)18(22)21-15-5-3-4-13(8-15)10-20/h3-9,12H,11H2,1-2H3,(H,21,22). The second kappa shape index (κ2) is 7.80. The second-order valence-corrected chi connectivity index (χ2v) is 6.41. The SMILES string of the molecule is CC(C)COc1ccc(Br)cc1C(=O)Nc1cccc(C#N)c1. The number of benzene rings is 2. The van der Waals surface area contributed by atoms with E-state index in [1.807, 2.05) is 19.9 Å². The summed E-state index contributed by atoms with van der Waals surface area (Å²) in [5.74, 6) is 0.623. The quantitative estimate of drug-likeness (QED) is 0.833. The maximum atomic E-state index is 12.5. The smallest absolute Gasteiger partial charge is 0.259 e. The molecule has 0 unspecified atom stereocenters. The molecule has 0 atom stereocenters. The normalized spacial score (nSPS) is 10.2. The number of carbonyl (C=O) groups is 1. The minimum absolute atomic E-state index is 0.278. The number of hydrogen-bond acceptors (Lipinski definition) is 3. The molecule has 5 heteroatoms. The van der Waals surface area contributed by atoms with Crippen LogP contribution in [0.3, 0.4) is 0 Å². The Kier molecular flexibility index (Phi) is 5.78. The lowest BCUT2D eigenvalue weighted by atomic mass is 10.1. The third kappa shape index (κ3) is 4.83. The molecule has 0 aliphatic heterocycles. The molecule has 0 spiro atoms. The summed E-state index contributed by atoms with van der Waals surface area (Å²) in [6.45, 7) is 4.63. The van der Waals surface area contributed by atoms with E-state index in [1.165, 1.54) is 0 Å². The highest BCUT2D eigenvalue weighted by molar-refractivity contribution is 9.10. The van der Waals surface area contributed by atoms with Gasteiger partial charge in [0.15, 0.2) is 0 Å². The molecule has 2 aromatic carbocycles. The molecule has 118 valence electrons. The van der Waals surface area contributed by atoms with Gasteiger partial charge < -0.3 is 10.1 Å². The minimum atomic E-state index is -0.278. The van der Waals surface area contributed by atoms with Crippen molar-refractivity contribution in [2.45, 2.75) is 13.8 Å². The number of hydrogen-bond donors (Lipinski definition) is 1. The van der Waals surface area contributed by atoms with Crippen molar-refractivity contribution in [3.8, 4) is 11.8 Å². The molecule has 4 nitrogen and oxygen atoms in total. The van der Waals surface area contributed by atoms with Crippen LogP contribution < -0.4 is 10.1 Å². The lowest BCUT2D eigenvalue weighted by Crippen LogP contribution is -2.15. The van der Waals surface area contributed by atoms with E-state index >= 15 is 0 Å². The number of ether oxygens (including phenoxy) is 1. The molecule has 23 heavy (non-hydrogen) atoms. The summed E-state index contributed by atoms with van der Waals surface area (Å²) in [5.41, 5.74) is 1.51. The molecular formula is C18H17BrN2O2. The van der Waals surface area contributed by atoms with E-state index in [0.717, 1.165) is 4.47 Å². The van der Waals surface area contributed by atoms with Gasteiger partial charge in [-0.15, -0.1) is 0 Å². The number of nitrogens with one attached hydrogen (secondary N) is 1. The summed E-state index contributed by atoms with van der Waals surface area (Å²) in [7, 11) is 0. The van der Waals surface area contributed by atoms with Crippen molar-refractivity contribution < 1.29 is 9.53 Å². The molecule has 0 radical (unpaired) electrons. The third-order valence-corrected chi connectivity index (χ3v) is 3.50. The van der Waals surface area contributed by atoms with Gasteiger partial charge in [0.1, 0.15) is 5.75 Å². The molecule has 0 heterocycles. The Morgan fingerprint density at radius 2 is 2.09 bits per heavy atom. The molecule has 0 fully saturated rings. The molecule has 0 bridgehead atoms. The van der Waals surface area contributed by atoms with Crippen LogP contribution in [0, 0.1) is 17.2 Å². The van der Waals surface area contributed by atoms with Gasteiger partial charge in [-0.1, -0.05) is 35.8 Å². The molecule has 2 rings (SSSR count). The predicted octanol–water partition coefficient (Wildman–Crippen LogP) is 4.61. The maximum Gasteiger partial charge on any atom is 0.259 e. The van der Waals surface area contributed by atoms with Gasteiger partial charge >= 0.3 is 0 Å². The van der Waals surface area contributed by atoms with Gasteiger partial charge in [-0.25, -0.2) is 0 Å². The van der Waals surface area contributed by atoms with Crippen LogP contribution in [0.25, 0.3) is 0 Å². The number of rotatable bonds is 5. The van der Waals surface area contributed by atoms with Gasteiger partial charge in [0, 0.05) is 10.2 Å². The van der Waals surface area contributed by atoms with Gasteiger partial charge in [0.2, 0.25) is 0 Å². The first-order chi connectivity index (χ1) is 11.0. The van der Waals surface area contributed by atoms with Gasteiger partial charge in [-0.2, -0.15) is 5.26 Å². The first-order valence-corrected chi connectivity index (χ1v) is 8.02. The Labute approximate surface area is 144 Å². The van der Waals surface area contributed by atoms with Crippen LogP contribution in [-0.4, -0.2) is 12.5 Å². The van der Waals surface area contributed by atoms with E-state index in [1.54, 1.807) is 36.4 Å². The number of halogens is 1. The van der Waals surface area contributed by atoms with Crippen molar-refractivity contribution in [2.24, 2.45) is 5.92 Å². The Morgan fingerprint density at radius 3 is 2.78 bits per heavy atom. The van der Waals surface area contributed by atoms with Gasteiger partial charge in [0.25, 0.3) is 5.91 Å². The summed E-state index contributed by atoms with van der Waals surface area (Å²) >= 11 is 3.37. The zero-order valence-corrected chi connectivity index (χ0v) is 14.6.